The molecule has 0 bridgehead atoms. The molecule has 31 heavy (non-hydrogen) atoms. The number of ether oxygens (including phenoxy) is 1. The number of nitrogens with zero attached hydrogens (tertiary/aromatic N) is 4. The van der Waals surface area contributed by atoms with Crippen LogP contribution in [0.15, 0.2) is 24.4 Å². The molecular weight excluding hydrogens is 404 g/mol. The van der Waals surface area contributed by atoms with Gasteiger partial charge in [-0.15, -0.1) is 0 Å². The fourth-order valence-electron chi connectivity index (χ4n) is 4.18. The first-order chi connectivity index (χ1) is 14.9. The number of aromatic nitrogens is 4. The van der Waals surface area contributed by atoms with Crippen molar-refractivity contribution >= 4 is 39.0 Å². The molecule has 0 amide bonds. The highest BCUT2D eigenvalue weighted by Crippen LogP contribution is 2.37. The molecular formula is C21H23F2N7O. The molecule has 1 fully saturated rings. The number of H-pyrrole nitrogens is 1. The standard InChI is InChI=1S/C21H23F2N7O/c1-11-9-30(5-4-24-11)13-7-14(22)17-15(8-13)26-27-21(17)25-16-6-12-10-29(2)28-19(12)18(23)20(16)31-3/h6-8,10-11,24H,4-5,9H2,1-3H3,(H2,25,26,27)/t11-/m0/s1. The van der Waals surface area contributed by atoms with E-state index in [9.17, 15) is 4.39 Å². The summed E-state index contributed by atoms with van der Waals surface area (Å²) >= 11 is 0. The number of hydrogen-bond donors (Lipinski definition) is 3. The second-order valence-corrected chi connectivity index (χ2v) is 7.86. The summed E-state index contributed by atoms with van der Waals surface area (Å²) in [6.07, 6.45) is 1.70. The fraction of sp³-hybridized carbons (Fsp3) is 0.333. The van der Waals surface area contributed by atoms with Crippen LogP contribution in [0, 0.1) is 11.6 Å². The van der Waals surface area contributed by atoms with Crippen LogP contribution in [-0.2, 0) is 7.05 Å². The zero-order valence-electron chi connectivity index (χ0n) is 17.5. The van der Waals surface area contributed by atoms with Crippen LogP contribution in [0.2, 0.25) is 0 Å². The van der Waals surface area contributed by atoms with Crippen LogP contribution in [0.5, 0.6) is 5.75 Å². The molecule has 162 valence electrons. The predicted octanol–water partition coefficient (Wildman–Crippen LogP) is 3.28. The monoisotopic (exact) mass is 427 g/mol. The van der Waals surface area contributed by atoms with Gasteiger partial charge >= 0.3 is 0 Å². The number of piperazine rings is 1. The molecule has 0 aliphatic carbocycles. The van der Waals surface area contributed by atoms with Crippen LogP contribution < -0.4 is 20.3 Å². The molecule has 2 aromatic heterocycles. The minimum Gasteiger partial charge on any atom is -0.492 e. The Hall–Kier alpha value is -3.40. The lowest BCUT2D eigenvalue weighted by Crippen LogP contribution is -2.49. The zero-order chi connectivity index (χ0) is 21.7. The van der Waals surface area contributed by atoms with Crippen LogP contribution in [0.4, 0.5) is 26.0 Å². The number of rotatable bonds is 4. The maximum absolute atomic E-state index is 15.2. The van der Waals surface area contributed by atoms with Crippen molar-refractivity contribution in [2.75, 3.05) is 37.0 Å². The van der Waals surface area contributed by atoms with Gasteiger partial charge in [0.25, 0.3) is 0 Å². The molecule has 0 spiro atoms. The van der Waals surface area contributed by atoms with Crippen LogP contribution in [0.3, 0.4) is 0 Å². The zero-order valence-corrected chi connectivity index (χ0v) is 17.5. The highest BCUT2D eigenvalue weighted by Gasteiger charge is 2.22. The van der Waals surface area contributed by atoms with Crippen molar-refractivity contribution in [1.29, 1.82) is 0 Å². The number of aryl methyl sites for hydroxylation is 1. The summed E-state index contributed by atoms with van der Waals surface area (Å²) in [5.41, 5.74) is 1.91. The van der Waals surface area contributed by atoms with E-state index in [2.05, 4.69) is 37.8 Å². The van der Waals surface area contributed by atoms with E-state index < -0.39 is 11.6 Å². The molecule has 1 atom stereocenters. The summed E-state index contributed by atoms with van der Waals surface area (Å²) in [7, 11) is 3.09. The molecule has 8 nitrogen and oxygen atoms in total. The Kier molecular flexibility index (Phi) is 4.66. The van der Waals surface area contributed by atoms with E-state index in [1.54, 1.807) is 19.3 Å². The molecule has 5 rings (SSSR count). The Morgan fingerprint density at radius 3 is 2.87 bits per heavy atom. The first-order valence-corrected chi connectivity index (χ1v) is 10.1. The van der Waals surface area contributed by atoms with Crippen molar-refractivity contribution < 1.29 is 13.5 Å². The van der Waals surface area contributed by atoms with Crippen molar-refractivity contribution in [2.45, 2.75) is 13.0 Å². The van der Waals surface area contributed by atoms with Gasteiger partial charge in [-0.1, -0.05) is 0 Å². The molecule has 1 aliphatic rings. The minimum atomic E-state index is -0.585. The predicted molar refractivity (Wildman–Crippen MR) is 116 cm³/mol. The number of methoxy groups -OCH3 is 1. The molecule has 4 aromatic rings. The normalized spacial score (nSPS) is 16.9. The van der Waals surface area contributed by atoms with Gasteiger partial charge in [0.05, 0.1) is 23.7 Å². The number of benzene rings is 2. The minimum absolute atomic E-state index is 0.00539. The highest BCUT2D eigenvalue weighted by molar-refractivity contribution is 5.96. The van der Waals surface area contributed by atoms with E-state index in [0.717, 1.165) is 25.3 Å². The Morgan fingerprint density at radius 2 is 2.10 bits per heavy atom. The van der Waals surface area contributed by atoms with Crippen LogP contribution >= 0.6 is 0 Å². The molecule has 3 N–H and O–H groups in total. The van der Waals surface area contributed by atoms with Crippen molar-refractivity contribution in [1.82, 2.24) is 25.3 Å². The van der Waals surface area contributed by atoms with E-state index >= 15 is 4.39 Å². The second-order valence-electron chi connectivity index (χ2n) is 7.86. The number of aromatic amines is 1. The van der Waals surface area contributed by atoms with Gasteiger partial charge in [-0.2, -0.15) is 10.2 Å². The van der Waals surface area contributed by atoms with Crippen molar-refractivity contribution in [2.24, 2.45) is 7.05 Å². The summed E-state index contributed by atoms with van der Waals surface area (Å²) in [6, 6.07) is 5.44. The Bertz CT molecular complexity index is 1280. The largest absolute Gasteiger partial charge is 0.492 e. The SMILES string of the molecule is COc1c(Nc2n[nH]c3cc(N4CCN[C@@H](C)C4)cc(F)c23)cc2cn(C)nc2c1F. The third-order valence-corrected chi connectivity index (χ3v) is 5.60. The smallest absolute Gasteiger partial charge is 0.195 e. The average Bonchev–Trinajstić information content (AvgIpc) is 3.31. The number of hydrogen-bond acceptors (Lipinski definition) is 6. The van der Waals surface area contributed by atoms with Gasteiger partial charge in [-0.3, -0.25) is 9.78 Å². The maximum atomic E-state index is 15.2. The summed E-state index contributed by atoms with van der Waals surface area (Å²) in [5, 5.41) is 18.6. The van der Waals surface area contributed by atoms with Crippen molar-refractivity contribution in [3.63, 3.8) is 0 Å². The third kappa shape index (κ3) is 3.32. The molecule has 0 saturated carbocycles. The first kappa shape index (κ1) is 19.6. The van der Waals surface area contributed by atoms with Gasteiger partial charge in [0.2, 0.25) is 0 Å². The molecule has 0 radical (unpaired) electrons. The maximum Gasteiger partial charge on any atom is 0.195 e. The lowest BCUT2D eigenvalue weighted by molar-refractivity contribution is 0.390. The lowest BCUT2D eigenvalue weighted by atomic mass is 10.1. The number of halogens is 2. The molecule has 1 aliphatic heterocycles. The Balaban J connectivity index is 1.54. The number of anilines is 3. The van der Waals surface area contributed by atoms with Crippen molar-refractivity contribution in [3.05, 3.63) is 36.0 Å². The first-order valence-electron chi connectivity index (χ1n) is 10.1. The van der Waals surface area contributed by atoms with Gasteiger partial charge in [-0.25, -0.2) is 8.78 Å². The number of nitrogens with one attached hydrogen (secondary N) is 3. The highest BCUT2D eigenvalue weighted by atomic mass is 19.1. The lowest BCUT2D eigenvalue weighted by Gasteiger charge is -2.33. The van der Waals surface area contributed by atoms with E-state index in [-0.39, 0.29) is 17.1 Å². The fourth-order valence-corrected chi connectivity index (χ4v) is 4.18. The molecule has 1 saturated heterocycles. The molecule has 10 heteroatoms. The van der Waals surface area contributed by atoms with Crippen LogP contribution in [0.1, 0.15) is 6.92 Å². The van der Waals surface area contributed by atoms with E-state index in [1.807, 2.05) is 6.07 Å². The quantitative estimate of drug-likeness (QED) is 0.464. The Morgan fingerprint density at radius 1 is 1.26 bits per heavy atom. The summed E-state index contributed by atoms with van der Waals surface area (Å²) in [5.74, 6) is -0.738. The second kappa shape index (κ2) is 7.38. The average molecular weight is 427 g/mol. The number of fused-ring (bicyclic) bond motifs is 2. The topological polar surface area (TPSA) is 83.0 Å². The van der Waals surface area contributed by atoms with Crippen molar-refractivity contribution in [3.8, 4) is 5.75 Å². The summed E-state index contributed by atoms with van der Waals surface area (Å²) < 4.78 is 36.8. The van der Waals surface area contributed by atoms with Gasteiger partial charge in [0, 0.05) is 50.0 Å². The van der Waals surface area contributed by atoms with E-state index in [0.29, 0.717) is 28.0 Å². The van der Waals surface area contributed by atoms with Gasteiger partial charge in [0.1, 0.15) is 11.3 Å². The molecule has 2 aromatic carbocycles. The van der Waals surface area contributed by atoms with Crippen LogP contribution in [0.25, 0.3) is 21.8 Å². The van der Waals surface area contributed by atoms with Gasteiger partial charge in [-0.05, 0) is 25.1 Å². The van der Waals surface area contributed by atoms with Gasteiger partial charge < -0.3 is 20.3 Å². The molecule has 3 heterocycles. The van der Waals surface area contributed by atoms with Gasteiger partial charge in [0.15, 0.2) is 17.4 Å². The summed E-state index contributed by atoms with van der Waals surface area (Å²) in [6.45, 7) is 4.55. The molecule has 0 unspecified atom stereocenters. The third-order valence-electron chi connectivity index (χ3n) is 5.60. The van der Waals surface area contributed by atoms with E-state index in [1.165, 1.54) is 17.9 Å². The summed E-state index contributed by atoms with van der Waals surface area (Å²) in [4.78, 5) is 2.15. The van der Waals surface area contributed by atoms with E-state index in [4.69, 9.17) is 4.74 Å². The van der Waals surface area contributed by atoms with Crippen LogP contribution in [-0.4, -0.2) is 52.8 Å². The Labute approximate surface area is 177 Å².